The van der Waals surface area contributed by atoms with E-state index in [0.717, 1.165) is 53.9 Å². The molecule has 1 aliphatic heterocycles. The van der Waals surface area contributed by atoms with Crippen molar-refractivity contribution < 1.29 is 4.79 Å². The van der Waals surface area contributed by atoms with Gasteiger partial charge in [0.05, 0.1) is 11.0 Å². The summed E-state index contributed by atoms with van der Waals surface area (Å²) in [6.45, 7) is 3.60. The van der Waals surface area contributed by atoms with Gasteiger partial charge in [0.1, 0.15) is 5.82 Å². The van der Waals surface area contributed by atoms with Crippen LogP contribution in [0.3, 0.4) is 0 Å². The van der Waals surface area contributed by atoms with Crippen molar-refractivity contribution in [1.29, 1.82) is 0 Å². The molecule has 0 radical (unpaired) electrons. The highest BCUT2D eigenvalue weighted by molar-refractivity contribution is 5.95. The van der Waals surface area contributed by atoms with Crippen LogP contribution in [0.1, 0.15) is 40.5 Å². The summed E-state index contributed by atoms with van der Waals surface area (Å²) >= 11 is 0. The molecule has 1 saturated heterocycles. The molecule has 1 N–H and O–H groups in total. The lowest BCUT2D eigenvalue weighted by Crippen LogP contribution is -2.38. The van der Waals surface area contributed by atoms with Crippen LogP contribution in [-0.4, -0.2) is 33.9 Å². The summed E-state index contributed by atoms with van der Waals surface area (Å²) in [7, 11) is 0. The van der Waals surface area contributed by atoms with Gasteiger partial charge < -0.3 is 9.88 Å². The first kappa shape index (κ1) is 18.6. The zero-order chi connectivity index (χ0) is 20.5. The van der Waals surface area contributed by atoms with Gasteiger partial charge in [-0.2, -0.15) is 0 Å². The number of aryl methyl sites for hydroxylation is 1. The Hall–Kier alpha value is -3.40. The van der Waals surface area contributed by atoms with E-state index in [1.807, 2.05) is 53.4 Å². The number of likely N-dealkylation sites (tertiary alicyclic amines) is 1. The molecule has 1 fully saturated rings. The Morgan fingerprint density at radius 1 is 0.967 bits per heavy atom. The number of amides is 1. The Balaban J connectivity index is 1.28. The molecule has 1 amide bonds. The molecule has 5 rings (SSSR count). The van der Waals surface area contributed by atoms with E-state index in [4.69, 9.17) is 4.98 Å². The second-order valence-electron chi connectivity index (χ2n) is 8.10. The van der Waals surface area contributed by atoms with Gasteiger partial charge in [-0.25, -0.2) is 4.98 Å². The van der Waals surface area contributed by atoms with Crippen LogP contribution in [-0.2, 0) is 0 Å². The summed E-state index contributed by atoms with van der Waals surface area (Å²) in [6, 6.07) is 24.5. The molecular weight excluding hydrogens is 370 g/mol. The second-order valence-corrected chi connectivity index (χ2v) is 8.10. The molecule has 0 aliphatic carbocycles. The lowest BCUT2D eigenvalue weighted by atomic mass is 9.94. The van der Waals surface area contributed by atoms with Crippen molar-refractivity contribution in [2.24, 2.45) is 0 Å². The number of rotatable bonds is 3. The van der Waals surface area contributed by atoms with Gasteiger partial charge in [0.15, 0.2) is 0 Å². The van der Waals surface area contributed by atoms with Gasteiger partial charge in [0.25, 0.3) is 5.91 Å². The summed E-state index contributed by atoms with van der Waals surface area (Å²) in [6.07, 6.45) is 1.87. The normalized spacial score (nSPS) is 14.9. The van der Waals surface area contributed by atoms with Crippen LogP contribution in [0, 0.1) is 6.92 Å². The minimum Gasteiger partial charge on any atom is -0.342 e. The maximum absolute atomic E-state index is 13.1. The summed E-state index contributed by atoms with van der Waals surface area (Å²) in [5.41, 5.74) is 6.36. The first-order valence-corrected chi connectivity index (χ1v) is 10.6. The Morgan fingerprint density at radius 3 is 2.43 bits per heavy atom. The zero-order valence-electron chi connectivity index (χ0n) is 17.1. The van der Waals surface area contributed by atoms with Gasteiger partial charge >= 0.3 is 0 Å². The molecule has 0 spiro atoms. The van der Waals surface area contributed by atoms with Crippen LogP contribution in [0.15, 0.2) is 72.8 Å². The van der Waals surface area contributed by atoms with Crippen molar-refractivity contribution in [3.8, 4) is 11.1 Å². The number of hydrogen-bond donors (Lipinski definition) is 1. The molecule has 1 aromatic heterocycles. The number of fused-ring (bicyclic) bond motifs is 1. The molecule has 4 nitrogen and oxygen atoms in total. The molecule has 0 bridgehead atoms. The van der Waals surface area contributed by atoms with Gasteiger partial charge in [0.2, 0.25) is 0 Å². The zero-order valence-corrected chi connectivity index (χ0v) is 17.1. The molecule has 3 aromatic carbocycles. The van der Waals surface area contributed by atoms with E-state index in [-0.39, 0.29) is 5.91 Å². The van der Waals surface area contributed by atoms with Gasteiger partial charge in [-0.05, 0) is 60.7 Å². The molecule has 0 atom stereocenters. The molecule has 0 unspecified atom stereocenters. The van der Waals surface area contributed by atoms with E-state index in [2.05, 4.69) is 36.2 Å². The van der Waals surface area contributed by atoms with Crippen LogP contribution in [0.4, 0.5) is 0 Å². The number of benzene rings is 3. The number of carbonyl (C=O) groups is 1. The van der Waals surface area contributed by atoms with Crippen molar-refractivity contribution in [3.63, 3.8) is 0 Å². The lowest BCUT2D eigenvalue weighted by molar-refractivity contribution is 0.0711. The largest absolute Gasteiger partial charge is 0.342 e. The predicted octanol–water partition coefficient (Wildman–Crippen LogP) is 5.56. The first-order chi connectivity index (χ1) is 14.7. The topological polar surface area (TPSA) is 49.0 Å². The summed E-state index contributed by atoms with van der Waals surface area (Å²) in [4.78, 5) is 23.3. The van der Waals surface area contributed by atoms with Crippen molar-refractivity contribution in [2.45, 2.75) is 25.7 Å². The van der Waals surface area contributed by atoms with Crippen LogP contribution in [0.5, 0.6) is 0 Å². The number of aromatic nitrogens is 2. The third-order valence-electron chi connectivity index (χ3n) is 6.13. The Morgan fingerprint density at radius 2 is 1.70 bits per heavy atom. The van der Waals surface area contributed by atoms with Crippen LogP contribution < -0.4 is 0 Å². The Bertz CT molecular complexity index is 1150. The third kappa shape index (κ3) is 3.50. The lowest BCUT2D eigenvalue weighted by Gasteiger charge is -2.31. The SMILES string of the molecule is Cc1cc(C(=O)N2CCC(c3nc4ccccc4[nH]3)CC2)ccc1-c1ccccc1. The van der Waals surface area contributed by atoms with E-state index < -0.39 is 0 Å². The van der Waals surface area contributed by atoms with Crippen molar-refractivity contribution in [2.75, 3.05) is 13.1 Å². The van der Waals surface area contributed by atoms with Gasteiger partial charge in [-0.3, -0.25) is 4.79 Å². The van der Waals surface area contributed by atoms with E-state index in [1.54, 1.807) is 0 Å². The van der Waals surface area contributed by atoms with E-state index >= 15 is 0 Å². The Labute approximate surface area is 176 Å². The fourth-order valence-corrected chi connectivity index (χ4v) is 4.44. The number of para-hydroxylation sites is 2. The first-order valence-electron chi connectivity index (χ1n) is 10.6. The highest BCUT2D eigenvalue weighted by Gasteiger charge is 2.26. The fourth-order valence-electron chi connectivity index (χ4n) is 4.44. The monoisotopic (exact) mass is 395 g/mol. The summed E-state index contributed by atoms with van der Waals surface area (Å²) in [5, 5.41) is 0. The summed E-state index contributed by atoms with van der Waals surface area (Å²) in [5.74, 6) is 1.55. The van der Waals surface area contributed by atoms with E-state index in [9.17, 15) is 4.79 Å². The number of nitrogens with zero attached hydrogens (tertiary/aromatic N) is 2. The predicted molar refractivity (Wildman–Crippen MR) is 121 cm³/mol. The Kier molecular flexibility index (Phi) is 4.83. The molecule has 4 aromatic rings. The molecule has 2 heterocycles. The standard InChI is InChI=1S/C26H25N3O/c1-18-17-21(11-12-22(18)19-7-3-2-4-8-19)26(30)29-15-13-20(14-16-29)25-27-23-9-5-6-10-24(23)28-25/h2-12,17,20H,13-16H2,1H3,(H,27,28). The van der Waals surface area contributed by atoms with Crippen LogP contribution >= 0.6 is 0 Å². The maximum Gasteiger partial charge on any atom is 0.253 e. The number of nitrogens with one attached hydrogen (secondary N) is 1. The number of piperidine rings is 1. The fraction of sp³-hybridized carbons (Fsp3) is 0.231. The molecular formula is C26H25N3O. The molecule has 0 saturated carbocycles. The minimum atomic E-state index is 0.126. The molecule has 1 aliphatic rings. The van der Waals surface area contributed by atoms with Crippen molar-refractivity contribution in [3.05, 3.63) is 89.7 Å². The van der Waals surface area contributed by atoms with E-state index in [0.29, 0.717) is 5.92 Å². The number of aromatic amines is 1. The highest BCUT2D eigenvalue weighted by Crippen LogP contribution is 2.29. The average Bonchev–Trinajstić information content (AvgIpc) is 3.23. The quantitative estimate of drug-likeness (QED) is 0.494. The maximum atomic E-state index is 13.1. The van der Waals surface area contributed by atoms with Gasteiger partial charge in [-0.1, -0.05) is 48.5 Å². The molecule has 150 valence electrons. The molecule has 30 heavy (non-hydrogen) atoms. The van der Waals surface area contributed by atoms with Gasteiger partial charge in [0, 0.05) is 24.6 Å². The molecule has 4 heteroatoms. The highest BCUT2D eigenvalue weighted by atomic mass is 16.2. The smallest absolute Gasteiger partial charge is 0.253 e. The second kappa shape index (κ2) is 7.79. The number of hydrogen-bond acceptors (Lipinski definition) is 2. The van der Waals surface area contributed by atoms with Gasteiger partial charge in [-0.15, -0.1) is 0 Å². The minimum absolute atomic E-state index is 0.126. The van der Waals surface area contributed by atoms with E-state index in [1.165, 1.54) is 11.1 Å². The average molecular weight is 396 g/mol. The number of carbonyl (C=O) groups excluding carboxylic acids is 1. The van der Waals surface area contributed by atoms with Crippen molar-refractivity contribution >= 4 is 16.9 Å². The van der Waals surface area contributed by atoms with Crippen LogP contribution in [0.2, 0.25) is 0 Å². The van der Waals surface area contributed by atoms with Crippen molar-refractivity contribution in [1.82, 2.24) is 14.9 Å². The number of H-pyrrole nitrogens is 1. The third-order valence-corrected chi connectivity index (χ3v) is 6.13. The number of imidazole rings is 1. The van der Waals surface area contributed by atoms with Crippen LogP contribution in [0.25, 0.3) is 22.2 Å². The summed E-state index contributed by atoms with van der Waals surface area (Å²) < 4.78 is 0.